The zero-order chi connectivity index (χ0) is 13.4. The van der Waals surface area contributed by atoms with E-state index in [2.05, 4.69) is 15.2 Å². The number of carboxylic acid groups (broad SMARTS) is 1. The maximum Gasteiger partial charge on any atom is 0.307 e. The van der Waals surface area contributed by atoms with Gasteiger partial charge in [0.25, 0.3) is 0 Å². The molecule has 2 aromatic heterocycles. The Labute approximate surface area is 109 Å². The van der Waals surface area contributed by atoms with Gasteiger partial charge in [-0.3, -0.25) is 9.48 Å². The molecule has 1 aliphatic carbocycles. The summed E-state index contributed by atoms with van der Waals surface area (Å²) < 4.78 is 6.87. The smallest absolute Gasteiger partial charge is 0.307 e. The normalized spacial score (nSPS) is 22.8. The first kappa shape index (κ1) is 11.9. The highest BCUT2D eigenvalue weighted by molar-refractivity contribution is 5.71. The van der Waals surface area contributed by atoms with Crippen molar-refractivity contribution in [2.75, 3.05) is 0 Å². The fourth-order valence-corrected chi connectivity index (χ4v) is 2.58. The SMILES string of the molecule is Cn1ccc(-c2noc(C3CCCC3C(=O)O)n2)n1. The third kappa shape index (κ3) is 2.11. The number of carbonyl (C=O) groups is 1. The molecule has 2 heterocycles. The Kier molecular flexibility index (Phi) is 2.81. The van der Waals surface area contributed by atoms with Crippen molar-refractivity contribution in [1.29, 1.82) is 0 Å². The average Bonchev–Trinajstić information content (AvgIpc) is 3.07. The lowest BCUT2D eigenvalue weighted by Crippen LogP contribution is -2.17. The Hall–Kier alpha value is -2.18. The molecule has 0 amide bonds. The third-order valence-corrected chi connectivity index (χ3v) is 3.53. The van der Waals surface area contributed by atoms with Crippen LogP contribution in [0.1, 0.15) is 31.1 Å². The Bertz CT molecular complexity index is 604. The Morgan fingerprint density at radius 3 is 3.05 bits per heavy atom. The summed E-state index contributed by atoms with van der Waals surface area (Å²) in [6, 6.07) is 1.79. The van der Waals surface area contributed by atoms with Gasteiger partial charge in [-0.25, -0.2) is 0 Å². The van der Waals surface area contributed by atoms with Crippen LogP contribution in [-0.4, -0.2) is 31.0 Å². The van der Waals surface area contributed by atoms with Crippen LogP contribution in [0, 0.1) is 5.92 Å². The summed E-state index contributed by atoms with van der Waals surface area (Å²) >= 11 is 0. The van der Waals surface area contributed by atoms with E-state index in [9.17, 15) is 4.79 Å². The average molecular weight is 262 g/mol. The highest BCUT2D eigenvalue weighted by Gasteiger charge is 2.37. The summed E-state index contributed by atoms with van der Waals surface area (Å²) in [7, 11) is 1.81. The van der Waals surface area contributed by atoms with Gasteiger partial charge < -0.3 is 9.63 Å². The molecule has 0 radical (unpaired) electrons. The highest BCUT2D eigenvalue weighted by atomic mass is 16.5. The fourth-order valence-electron chi connectivity index (χ4n) is 2.58. The number of aliphatic carboxylic acids is 1. The van der Waals surface area contributed by atoms with E-state index < -0.39 is 11.9 Å². The number of aryl methyl sites for hydroxylation is 1. The van der Waals surface area contributed by atoms with Crippen LogP contribution in [-0.2, 0) is 11.8 Å². The van der Waals surface area contributed by atoms with Gasteiger partial charge in [0.15, 0.2) is 0 Å². The molecule has 3 rings (SSSR count). The molecule has 2 unspecified atom stereocenters. The minimum Gasteiger partial charge on any atom is -0.481 e. The van der Waals surface area contributed by atoms with Gasteiger partial charge in [0.2, 0.25) is 11.7 Å². The minimum absolute atomic E-state index is 0.178. The summed E-state index contributed by atoms with van der Waals surface area (Å²) in [5.74, 6) is -0.572. The standard InChI is InChI=1S/C12H14N4O3/c1-16-6-5-9(14-16)10-13-11(19-15-10)7-3-2-4-8(7)12(17)18/h5-8H,2-4H2,1H3,(H,17,18). The number of nitrogens with zero attached hydrogens (tertiary/aromatic N) is 4. The molecule has 1 fully saturated rings. The predicted octanol–water partition coefficient (Wildman–Crippen LogP) is 1.44. The zero-order valence-corrected chi connectivity index (χ0v) is 10.5. The number of rotatable bonds is 3. The van der Waals surface area contributed by atoms with Crippen molar-refractivity contribution >= 4 is 5.97 Å². The number of hydrogen-bond donors (Lipinski definition) is 1. The molecule has 1 saturated carbocycles. The summed E-state index contributed by atoms with van der Waals surface area (Å²) in [5.41, 5.74) is 0.627. The van der Waals surface area contributed by atoms with E-state index >= 15 is 0 Å². The number of carboxylic acids is 1. The minimum atomic E-state index is -0.792. The van der Waals surface area contributed by atoms with Crippen molar-refractivity contribution in [2.45, 2.75) is 25.2 Å². The second-order valence-electron chi connectivity index (χ2n) is 4.81. The van der Waals surface area contributed by atoms with Gasteiger partial charge in [-0.1, -0.05) is 11.6 Å². The molecular formula is C12H14N4O3. The Morgan fingerprint density at radius 2 is 2.37 bits per heavy atom. The molecular weight excluding hydrogens is 248 g/mol. The maximum absolute atomic E-state index is 11.2. The zero-order valence-electron chi connectivity index (χ0n) is 10.5. The quantitative estimate of drug-likeness (QED) is 0.899. The molecule has 2 aromatic rings. The molecule has 0 aliphatic heterocycles. The van der Waals surface area contributed by atoms with Gasteiger partial charge >= 0.3 is 5.97 Å². The molecule has 0 aromatic carbocycles. The van der Waals surface area contributed by atoms with Crippen molar-refractivity contribution in [1.82, 2.24) is 19.9 Å². The van der Waals surface area contributed by atoms with E-state index in [0.29, 0.717) is 23.8 Å². The largest absolute Gasteiger partial charge is 0.481 e. The summed E-state index contributed by atoms with van der Waals surface area (Å²) in [5, 5.41) is 17.2. The molecule has 0 spiro atoms. The Balaban J connectivity index is 1.87. The second kappa shape index (κ2) is 4.49. The summed E-state index contributed by atoms with van der Waals surface area (Å²) in [4.78, 5) is 15.5. The third-order valence-electron chi connectivity index (χ3n) is 3.53. The van der Waals surface area contributed by atoms with Crippen molar-refractivity contribution < 1.29 is 14.4 Å². The van der Waals surface area contributed by atoms with E-state index in [-0.39, 0.29) is 5.92 Å². The van der Waals surface area contributed by atoms with E-state index in [1.807, 2.05) is 7.05 Å². The monoisotopic (exact) mass is 262 g/mol. The molecule has 0 bridgehead atoms. The first-order chi connectivity index (χ1) is 9.15. The van der Waals surface area contributed by atoms with Gasteiger partial charge in [-0.15, -0.1) is 0 Å². The van der Waals surface area contributed by atoms with E-state index in [1.54, 1.807) is 16.9 Å². The second-order valence-corrected chi connectivity index (χ2v) is 4.81. The number of aromatic nitrogens is 4. The van der Waals surface area contributed by atoms with Gasteiger partial charge in [-0.05, 0) is 18.9 Å². The lowest BCUT2D eigenvalue weighted by Gasteiger charge is -2.09. The van der Waals surface area contributed by atoms with Crippen LogP contribution in [0.3, 0.4) is 0 Å². The summed E-state index contributed by atoms with van der Waals surface area (Å²) in [6.07, 6.45) is 4.12. The van der Waals surface area contributed by atoms with Crippen LogP contribution >= 0.6 is 0 Å². The fraction of sp³-hybridized carbons (Fsp3) is 0.500. The van der Waals surface area contributed by atoms with Crippen LogP contribution in [0.4, 0.5) is 0 Å². The van der Waals surface area contributed by atoms with Crippen LogP contribution in [0.2, 0.25) is 0 Å². The molecule has 2 atom stereocenters. The van der Waals surface area contributed by atoms with E-state index in [0.717, 1.165) is 12.8 Å². The highest BCUT2D eigenvalue weighted by Crippen LogP contribution is 2.39. The van der Waals surface area contributed by atoms with Crippen LogP contribution in [0.25, 0.3) is 11.5 Å². The van der Waals surface area contributed by atoms with Gasteiger partial charge in [0.1, 0.15) is 5.69 Å². The van der Waals surface area contributed by atoms with Crippen LogP contribution in [0.5, 0.6) is 0 Å². The molecule has 7 heteroatoms. The molecule has 1 N–H and O–H groups in total. The van der Waals surface area contributed by atoms with Crippen molar-refractivity contribution in [3.05, 3.63) is 18.2 Å². The van der Waals surface area contributed by atoms with Crippen molar-refractivity contribution in [3.63, 3.8) is 0 Å². The lowest BCUT2D eigenvalue weighted by atomic mass is 9.96. The van der Waals surface area contributed by atoms with Crippen molar-refractivity contribution in [3.8, 4) is 11.5 Å². The van der Waals surface area contributed by atoms with Gasteiger partial charge in [0, 0.05) is 13.2 Å². The van der Waals surface area contributed by atoms with Crippen LogP contribution in [0.15, 0.2) is 16.8 Å². The van der Waals surface area contributed by atoms with Crippen LogP contribution < -0.4 is 0 Å². The molecule has 100 valence electrons. The summed E-state index contributed by atoms with van der Waals surface area (Å²) in [6.45, 7) is 0. The lowest BCUT2D eigenvalue weighted by molar-refractivity contribution is -0.142. The maximum atomic E-state index is 11.2. The van der Waals surface area contributed by atoms with E-state index in [1.165, 1.54) is 0 Å². The molecule has 7 nitrogen and oxygen atoms in total. The predicted molar refractivity (Wildman–Crippen MR) is 64.2 cm³/mol. The Morgan fingerprint density at radius 1 is 1.53 bits per heavy atom. The number of hydrogen-bond acceptors (Lipinski definition) is 5. The first-order valence-corrected chi connectivity index (χ1v) is 6.21. The molecule has 1 aliphatic rings. The van der Waals surface area contributed by atoms with E-state index in [4.69, 9.17) is 9.63 Å². The molecule has 0 saturated heterocycles. The molecule has 19 heavy (non-hydrogen) atoms. The topological polar surface area (TPSA) is 94.0 Å². The van der Waals surface area contributed by atoms with Gasteiger partial charge in [-0.2, -0.15) is 10.1 Å². The van der Waals surface area contributed by atoms with Crippen molar-refractivity contribution in [2.24, 2.45) is 13.0 Å². The first-order valence-electron chi connectivity index (χ1n) is 6.21. The van der Waals surface area contributed by atoms with Gasteiger partial charge in [0.05, 0.1) is 11.8 Å².